The molecular formula is C12H21NO. The molecule has 0 amide bonds. The van der Waals surface area contributed by atoms with Crippen LogP contribution in [0.15, 0.2) is 0 Å². The first-order chi connectivity index (χ1) is 6.82. The molecule has 0 saturated heterocycles. The van der Waals surface area contributed by atoms with Gasteiger partial charge in [0, 0.05) is 5.54 Å². The molecule has 0 aliphatic heterocycles. The Labute approximate surface area is 86.1 Å². The lowest BCUT2D eigenvalue weighted by Gasteiger charge is -2.37. The van der Waals surface area contributed by atoms with Crippen LogP contribution < -0.4 is 5.32 Å². The smallest absolute Gasteiger partial charge is 0.0616 e. The second-order valence-electron chi connectivity index (χ2n) is 5.72. The van der Waals surface area contributed by atoms with Crippen LogP contribution in [-0.4, -0.2) is 23.8 Å². The van der Waals surface area contributed by atoms with Crippen LogP contribution in [-0.2, 0) is 0 Å². The monoisotopic (exact) mass is 195 g/mol. The zero-order chi connectivity index (χ0) is 9.60. The molecule has 14 heavy (non-hydrogen) atoms. The number of aliphatic hydroxyl groups excluding tert-OH is 1. The van der Waals surface area contributed by atoms with E-state index in [2.05, 4.69) is 5.32 Å². The summed E-state index contributed by atoms with van der Waals surface area (Å²) in [5, 5.41) is 13.3. The molecule has 2 nitrogen and oxygen atoms in total. The third-order valence-corrected chi connectivity index (χ3v) is 4.70. The molecule has 2 heteroatoms. The van der Waals surface area contributed by atoms with E-state index in [1.54, 1.807) is 0 Å². The minimum Gasteiger partial charge on any atom is -0.394 e. The van der Waals surface area contributed by atoms with Crippen LogP contribution in [0.3, 0.4) is 0 Å². The Hall–Kier alpha value is -0.0800. The zero-order valence-corrected chi connectivity index (χ0v) is 8.84. The first-order valence-electron chi connectivity index (χ1n) is 6.18. The summed E-state index contributed by atoms with van der Waals surface area (Å²) in [5.74, 6) is 2.62. The van der Waals surface area contributed by atoms with Gasteiger partial charge < -0.3 is 10.4 Å². The van der Waals surface area contributed by atoms with E-state index >= 15 is 0 Å². The van der Waals surface area contributed by atoms with Gasteiger partial charge in [0.1, 0.15) is 0 Å². The molecule has 3 atom stereocenters. The number of rotatable bonds is 4. The van der Waals surface area contributed by atoms with E-state index in [1.807, 2.05) is 0 Å². The van der Waals surface area contributed by atoms with Crippen molar-refractivity contribution in [3.05, 3.63) is 0 Å². The largest absolute Gasteiger partial charge is 0.394 e. The molecule has 0 spiro atoms. The molecule has 0 aromatic carbocycles. The Balaban J connectivity index is 1.64. The second kappa shape index (κ2) is 3.21. The molecule has 0 aromatic rings. The van der Waals surface area contributed by atoms with Gasteiger partial charge in [-0.15, -0.1) is 0 Å². The maximum Gasteiger partial charge on any atom is 0.0616 e. The van der Waals surface area contributed by atoms with Crippen molar-refractivity contribution in [2.75, 3.05) is 13.2 Å². The molecule has 80 valence electrons. The number of fused-ring (bicyclic) bond motifs is 2. The van der Waals surface area contributed by atoms with E-state index in [1.165, 1.54) is 38.5 Å². The molecule has 2 N–H and O–H groups in total. The van der Waals surface area contributed by atoms with Gasteiger partial charge in [0.15, 0.2) is 0 Å². The fraction of sp³-hybridized carbons (Fsp3) is 1.00. The van der Waals surface area contributed by atoms with Gasteiger partial charge in [-0.05, 0) is 56.4 Å². The van der Waals surface area contributed by atoms with Gasteiger partial charge in [0.2, 0.25) is 0 Å². The molecule has 3 saturated carbocycles. The van der Waals surface area contributed by atoms with Crippen molar-refractivity contribution in [2.45, 2.75) is 44.1 Å². The summed E-state index contributed by atoms with van der Waals surface area (Å²) in [6.07, 6.45) is 8.19. The van der Waals surface area contributed by atoms with Crippen molar-refractivity contribution >= 4 is 0 Å². The standard InChI is InChI=1S/C12H21NO/c14-8-12(13-7-9-1-2-9)6-10-3-4-11(12)5-10/h9-11,13-14H,1-8H2. The summed E-state index contributed by atoms with van der Waals surface area (Å²) >= 11 is 0. The summed E-state index contributed by atoms with van der Waals surface area (Å²) < 4.78 is 0. The van der Waals surface area contributed by atoms with Crippen LogP contribution in [0.1, 0.15) is 38.5 Å². The van der Waals surface area contributed by atoms with Crippen molar-refractivity contribution in [2.24, 2.45) is 17.8 Å². The third kappa shape index (κ3) is 1.40. The lowest BCUT2D eigenvalue weighted by atomic mass is 9.81. The molecule has 3 fully saturated rings. The van der Waals surface area contributed by atoms with Crippen molar-refractivity contribution in [1.82, 2.24) is 5.32 Å². The summed E-state index contributed by atoms with van der Waals surface area (Å²) in [5.41, 5.74) is 0.130. The molecule has 3 unspecified atom stereocenters. The lowest BCUT2D eigenvalue weighted by Crippen LogP contribution is -2.53. The molecule has 3 aliphatic rings. The number of aliphatic hydroxyl groups is 1. The lowest BCUT2D eigenvalue weighted by molar-refractivity contribution is 0.105. The van der Waals surface area contributed by atoms with E-state index in [-0.39, 0.29) is 5.54 Å². The second-order valence-corrected chi connectivity index (χ2v) is 5.72. The van der Waals surface area contributed by atoms with Crippen LogP contribution in [0.2, 0.25) is 0 Å². The molecule has 0 heterocycles. The highest BCUT2D eigenvalue weighted by atomic mass is 16.3. The first-order valence-corrected chi connectivity index (χ1v) is 6.18. The fourth-order valence-corrected chi connectivity index (χ4v) is 3.58. The van der Waals surface area contributed by atoms with Gasteiger partial charge in [0.05, 0.1) is 6.61 Å². The molecular weight excluding hydrogens is 174 g/mol. The number of hydrogen-bond acceptors (Lipinski definition) is 2. The van der Waals surface area contributed by atoms with Crippen LogP contribution in [0.4, 0.5) is 0 Å². The van der Waals surface area contributed by atoms with Gasteiger partial charge in [-0.25, -0.2) is 0 Å². The Morgan fingerprint density at radius 3 is 2.57 bits per heavy atom. The average molecular weight is 195 g/mol. The van der Waals surface area contributed by atoms with E-state index in [0.717, 1.165) is 24.3 Å². The van der Waals surface area contributed by atoms with Crippen LogP contribution in [0.5, 0.6) is 0 Å². The first kappa shape index (κ1) is 9.17. The summed E-state index contributed by atoms with van der Waals surface area (Å²) in [6.45, 7) is 1.52. The highest BCUT2D eigenvalue weighted by molar-refractivity contribution is 5.06. The Morgan fingerprint density at radius 1 is 1.21 bits per heavy atom. The van der Waals surface area contributed by atoms with E-state index in [0.29, 0.717) is 6.61 Å². The summed E-state index contributed by atoms with van der Waals surface area (Å²) in [7, 11) is 0. The third-order valence-electron chi connectivity index (χ3n) is 4.70. The Bertz CT molecular complexity index is 226. The maximum atomic E-state index is 9.61. The fourth-order valence-electron chi connectivity index (χ4n) is 3.58. The van der Waals surface area contributed by atoms with Crippen LogP contribution in [0, 0.1) is 17.8 Å². The van der Waals surface area contributed by atoms with Crippen molar-refractivity contribution in [1.29, 1.82) is 0 Å². The van der Waals surface area contributed by atoms with E-state index < -0.39 is 0 Å². The zero-order valence-electron chi connectivity index (χ0n) is 8.84. The van der Waals surface area contributed by atoms with Gasteiger partial charge >= 0.3 is 0 Å². The van der Waals surface area contributed by atoms with Gasteiger partial charge in [0.25, 0.3) is 0 Å². The molecule has 0 aromatic heterocycles. The van der Waals surface area contributed by atoms with Gasteiger partial charge in [-0.3, -0.25) is 0 Å². The molecule has 0 radical (unpaired) electrons. The highest BCUT2D eigenvalue weighted by Gasteiger charge is 2.50. The molecule has 2 bridgehead atoms. The Morgan fingerprint density at radius 2 is 2.07 bits per heavy atom. The predicted molar refractivity (Wildman–Crippen MR) is 56.0 cm³/mol. The van der Waals surface area contributed by atoms with Gasteiger partial charge in [-0.2, -0.15) is 0 Å². The topological polar surface area (TPSA) is 32.3 Å². The van der Waals surface area contributed by atoms with E-state index in [4.69, 9.17) is 0 Å². The quantitative estimate of drug-likeness (QED) is 0.713. The number of nitrogens with one attached hydrogen (secondary N) is 1. The van der Waals surface area contributed by atoms with Crippen LogP contribution in [0.25, 0.3) is 0 Å². The molecule has 3 rings (SSSR count). The van der Waals surface area contributed by atoms with E-state index in [9.17, 15) is 5.11 Å². The highest BCUT2D eigenvalue weighted by Crippen LogP contribution is 2.50. The van der Waals surface area contributed by atoms with Crippen molar-refractivity contribution in [3.63, 3.8) is 0 Å². The predicted octanol–water partition coefficient (Wildman–Crippen LogP) is 1.54. The van der Waals surface area contributed by atoms with Gasteiger partial charge in [-0.1, -0.05) is 6.42 Å². The summed E-state index contributed by atoms with van der Waals surface area (Å²) in [4.78, 5) is 0. The minimum atomic E-state index is 0.130. The van der Waals surface area contributed by atoms with Crippen LogP contribution >= 0.6 is 0 Å². The van der Waals surface area contributed by atoms with Crippen molar-refractivity contribution in [3.8, 4) is 0 Å². The Kier molecular flexibility index (Phi) is 2.10. The SMILES string of the molecule is OCC1(NCC2CC2)CC2CCC1C2. The molecule has 3 aliphatic carbocycles. The maximum absolute atomic E-state index is 9.61. The average Bonchev–Trinajstić information content (AvgIpc) is 2.84. The van der Waals surface area contributed by atoms with Crippen molar-refractivity contribution < 1.29 is 5.11 Å². The normalized spacial score (nSPS) is 46.1. The number of hydrogen-bond donors (Lipinski definition) is 2. The minimum absolute atomic E-state index is 0.130. The summed E-state index contributed by atoms with van der Waals surface area (Å²) in [6, 6.07) is 0.